The normalized spacial score (nSPS) is 29.7. The Bertz CT molecular complexity index is 2690. The molecule has 4 bridgehead atoms. The number of fused-ring (bicyclic) bond motifs is 4. The lowest BCUT2D eigenvalue weighted by molar-refractivity contribution is -0.181. The topological polar surface area (TPSA) is 274 Å². The zero-order chi connectivity index (χ0) is 46.7. The van der Waals surface area contributed by atoms with Gasteiger partial charge in [-0.3, -0.25) is 9.69 Å². The number of aromatic nitrogens is 3. The molecule has 64 heavy (non-hydrogen) atoms. The first-order valence-corrected chi connectivity index (χ1v) is 25.0. The number of nitrogens with one attached hydrogen (secondary N) is 1. The zero-order valence-electron chi connectivity index (χ0n) is 36.6. The highest BCUT2D eigenvalue weighted by atomic mass is 31.3. The molecular weight excluding hydrogens is 897 g/mol. The van der Waals surface area contributed by atoms with Gasteiger partial charge in [0.05, 0.1) is 35.6 Å². The summed E-state index contributed by atoms with van der Waals surface area (Å²) < 4.78 is 80.6. The lowest BCUT2D eigenvalue weighted by atomic mass is 9.47. The van der Waals surface area contributed by atoms with Gasteiger partial charge >= 0.3 is 29.4 Å². The fraction of sp³-hybridized carbons (Fsp3) is 0.512. The monoisotopic (exact) mass is 948 g/mol. The van der Waals surface area contributed by atoms with Gasteiger partial charge in [0.1, 0.15) is 23.4 Å². The number of benzene rings is 1. The molecule has 5 heterocycles. The van der Waals surface area contributed by atoms with Crippen molar-refractivity contribution in [2.45, 2.75) is 116 Å². The van der Waals surface area contributed by atoms with E-state index < -0.39 is 75.5 Å². The first-order chi connectivity index (χ1) is 29.7. The quantitative estimate of drug-likeness (QED) is 0.0542. The SMILES string of the molecule is COC(=O)/C(C)=C\CC12OC(C)(C)C3CC(C1=O)C1C4=C(Nc5ncnn51)c1c(OP(=O)(O)OP(=O)(O)OP(=O)(O)O)c5c(c(CC=C(C)C)c1OC432)OC(C)(CCC=C(C)C)C=C5. The Morgan fingerprint density at radius 3 is 2.34 bits per heavy atom. The molecule has 23 heteroatoms. The van der Waals surface area contributed by atoms with Crippen molar-refractivity contribution in [1.82, 2.24) is 14.8 Å². The van der Waals surface area contributed by atoms with E-state index in [0.717, 1.165) is 11.1 Å². The first kappa shape index (κ1) is 46.3. The lowest BCUT2D eigenvalue weighted by Crippen LogP contribution is -2.75. The Morgan fingerprint density at radius 1 is 0.984 bits per heavy atom. The van der Waals surface area contributed by atoms with Gasteiger partial charge in [0.2, 0.25) is 5.95 Å². The van der Waals surface area contributed by atoms with E-state index in [1.807, 2.05) is 54.5 Å². The highest BCUT2D eigenvalue weighted by Gasteiger charge is 2.84. The molecule has 8 unspecified atom stereocenters. The van der Waals surface area contributed by atoms with Crippen LogP contribution >= 0.6 is 23.5 Å². The Morgan fingerprint density at radius 2 is 1.69 bits per heavy atom. The van der Waals surface area contributed by atoms with Gasteiger partial charge in [0, 0.05) is 35.0 Å². The molecule has 5 N–H and O–H groups in total. The summed E-state index contributed by atoms with van der Waals surface area (Å²) in [5, 5.41) is 7.87. The van der Waals surface area contributed by atoms with Gasteiger partial charge in [-0.15, -0.1) is 0 Å². The standard InChI is InChI=1S/C41H51N4O16P3/c1-21(2)11-10-16-39(8)17-15-25-32(56-39)24(13-12-22(3)4)33-28(34(25)58-63(51,52)61-64(53,54)60-62(48,49)50)30-29-31(45-37(44-30)42-20-43-45)26-19-27-38(6,7)59-40(35(26)46,41(27,29)57-33)18-14-23(5)36(47)55-9/h11-12,14-15,17,20,26-27,31H,10,13,16,18-19H2,1-9H3,(H,51,52)(H,53,54)(H,42,43,44)(H2,48,49,50)/b23-14-. The average molecular weight is 949 g/mol. The minimum absolute atomic E-state index is 0.00682. The summed E-state index contributed by atoms with van der Waals surface area (Å²) in [6.07, 6.45) is 11.6. The highest BCUT2D eigenvalue weighted by molar-refractivity contribution is 7.66. The molecule has 8 atom stereocenters. The number of allylic oxidation sites excluding steroid dienone is 4. The molecule has 1 aromatic heterocycles. The summed E-state index contributed by atoms with van der Waals surface area (Å²) >= 11 is 0. The number of carbonyl (C=O) groups excluding carboxylic acids is 2. The van der Waals surface area contributed by atoms with Crippen molar-refractivity contribution >= 4 is 52.9 Å². The van der Waals surface area contributed by atoms with Crippen LogP contribution in [0.3, 0.4) is 0 Å². The van der Waals surface area contributed by atoms with Crippen LogP contribution in [0, 0.1) is 11.8 Å². The van der Waals surface area contributed by atoms with E-state index in [2.05, 4.69) is 30.1 Å². The zero-order valence-corrected chi connectivity index (χ0v) is 39.3. The predicted octanol–water partition coefficient (Wildman–Crippen LogP) is 7.19. The summed E-state index contributed by atoms with van der Waals surface area (Å²) in [5.41, 5.74) is -2.03. The van der Waals surface area contributed by atoms with Gasteiger partial charge in [-0.2, -0.15) is 18.7 Å². The molecule has 0 radical (unpaired) electrons. The number of rotatable bonds is 14. The summed E-state index contributed by atoms with van der Waals surface area (Å²) in [5.74, 6) is -2.33. The van der Waals surface area contributed by atoms with Gasteiger partial charge in [-0.25, -0.2) is 23.2 Å². The molecule has 3 aliphatic carbocycles. The van der Waals surface area contributed by atoms with Crippen molar-refractivity contribution in [1.29, 1.82) is 0 Å². The third-order valence-corrected chi connectivity index (χ3v) is 16.4. The van der Waals surface area contributed by atoms with Crippen LogP contribution in [-0.4, -0.2) is 75.6 Å². The molecule has 7 aliphatic rings. The van der Waals surface area contributed by atoms with Crippen LogP contribution in [0.2, 0.25) is 0 Å². The number of phosphoric ester groups is 1. The second kappa shape index (κ2) is 15.4. The average Bonchev–Trinajstić information content (AvgIpc) is 3.69. The minimum atomic E-state index is -5.99. The van der Waals surface area contributed by atoms with Crippen LogP contribution in [0.1, 0.15) is 104 Å². The number of Topliss-reactive ketones (excluding diaryl/α,β-unsaturated/α-hetero) is 1. The second-order valence-corrected chi connectivity index (χ2v) is 22.4. The van der Waals surface area contributed by atoms with E-state index in [9.17, 15) is 38.1 Å². The number of carbonyl (C=O) groups is 2. The van der Waals surface area contributed by atoms with Crippen LogP contribution in [-0.2, 0) is 47.8 Å². The van der Waals surface area contributed by atoms with E-state index in [0.29, 0.717) is 24.0 Å². The molecule has 1 saturated heterocycles. The van der Waals surface area contributed by atoms with Crippen LogP contribution in [0.25, 0.3) is 11.8 Å². The van der Waals surface area contributed by atoms with Crippen LogP contribution < -0.4 is 19.3 Å². The van der Waals surface area contributed by atoms with Crippen LogP contribution in [0.5, 0.6) is 17.2 Å². The fourth-order valence-corrected chi connectivity index (χ4v) is 13.3. The fourth-order valence-electron chi connectivity index (χ4n) is 10.2. The summed E-state index contributed by atoms with van der Waals surface area (Å²) in [7, 11) is -16.4. The van der Waals surface area contributed by atoms with Gasteiger partial charge in [-0.05, 0) is 93.2 Å². The molecule has 9 rings (SSSR count). The van der Waals surface area contributed by atoms with Crippen LogP contribution in [0.15, 0.2) is 52.9 Å². The van der Waals surface area contributed by atoms with Gasteiger partial charge < -0.3 is 43.5 Å². The molecular formula is C41H51N4O16P3. The number of esters is 1. The number of phosphoric acid groups is 3. The Kier molecular flexibility index (Phi) is 11.2. The van der Waals surface area contributed by atoms with Gasteiger partial charge in [0.15, 0.2) is 22.7 Å². The molecule has 2 aromatic rings. The number of ketones is 1. The van der Waals surface area contributed by atoms with Gasteiger partial charge in [0.25, 0.3) is 0 Å². The van der Waals surface area contributed by atoms with Gasteiger partial charge in [-0.1, -0.05) is 29.4 Å². The van der Waals surface area contributed by atoms with E-state index in [1.54, 1.807) is 29.8 Å². The maximum Gasteiger partial charge on any atom is 0.536 e. The maximum absolute atomic E-state index is 15.4. The van der Waals surface area contributed by atoms with Crippen molar-refractivity contribution < 1.29 is 75.0 Å². The molecule has 1 aromatic carbocycles. The third-order valence-electron chi connectivity index (χ3n) is 12.7. The Labute approximate surface area is 368 Å². The molecule has 0 amide bonds. The summed E-state index contributed by atoms with van der Waals surface area (Å²) in [4.78, 5) is 72.8. The number of anilines is 1. The molecule has 346 valence electrons. The Balaban J connectivity index is 1.46. The first-order valence-electron chi connectivity index (χ1n) is 20.5. The molecule has 3 saturated carbocycles. The van der Waals surface area contributed by atoms with Crippen molar-refractivity contribution in [3.63, 3.8) is 0 Å². The smallest absolute Gasteiger partial charge is 0.482 e. The lowest BCUT2D eigenvalue weighted by Gasteiger charge is -2.62. The molecule has 1 spiro atoms. The maximum atomic E-state index is 15.4. The van der Waals surface area contributed by atoms with E-state index in [-0.39, 0.29) is 64.9 Å². The van der Waals surface area contributed by atoms with E-state index in [4.69, 9.17) is 23.5 Å². The number of ether oxygens (including phenoxy) is 4. The summed E-state index contributed by atoms with van der Waals surface area (Å²) in [6, 6.07) is -0.844. The van der Waals surface area contributed by atoms with E-state index >= 15 is 4.79 Å². The van der Waals surface area contributed by atoms with E-state index in [1.165, 1.54) is 13.4 Å². The number of hydrogen-bond acceptors (Lipinski definition) is 15. The Hall–Kier alpha value is -4.19. The third kappa shape index (κ3) is 7.49. The molecule has 20 nitrogen and oxygen atoms in total. The second-order valence-electron chi connectivity index (χ2n) is 18.1. The summed E-state index contributed by atoms with van der Waals surface area (Å²) in [6.45, 7) is 14.9. The van der Waals surface area contributed by atoms with Crippen molar-refractivity contribution in [3.05, 3.63) is 69.6 Å². The molecule has 4 fully saturated rings. The minimum Gasteiger partial charge on any atom is -0.482 e. The van der Waals surface area contributed by atoms with Crippen molar-refractivity contribution in [3.8, 4) is 17.2 Å². The number of nitrogens with zero attached hydrogens (tertiary/aromatic N) is 3. The highest BCUT2D eigenvalue weighted by Crippen LogP contribution is 2.75. The largest absolute Gasteiger partial charge is 0.536 e. The molecule has 4 aliphatic heterocycles. The van der Waals surface area contributed by atoms with Crippen molar-refractivity contribution in [2.24, 2.45) is 11.8 Å². The number of methoxy groups -OCH3 is 1. The van der Waals surface area contributed by atoms with Crippen molar-refractivity contribution in [2.75, 3.05) is 12.4 Å². The van der Waals surface area contributed by atoms with Crippen LogP contribution in [0.4, 0.5) is 5.95 Å². The predicted molar refractivity (Wildman–Crippen MR) is 229 cm³/mol. The number of hydrogen-bond donors (Lipinski definition) is 5.